The van der Waals surface area contributed by atoms with Crippen LogP contribution >= 0.6 is 0 Å². The molecule has 1 heterocycles. The Morgan fingerprint density at radius 2 is 1.31 bits per heavy atom. The Morgan fingerprint density at radius 3 is 1.83 bits per heavy atom. The van der Waals surface area contributed by atoms with E-state index in [1.165, 1.54) is 11.1 Å². The number of nitrogens with zero attached hydrogens (tertiary/aromatic N) is 5. The lowest BCUT2D eigenvalue weighted by Gasteiger charge is -2.33. The first-order valence-electron chi connectivity index (χ1n) is 12.3. The Kier molecular flexibility index (Phi) is 10.7. The molecule has 1 aromatic carbocycles. The molecular formula is C25H35N5O6. The summed E-state index contributed by atoms with van der Waals surface area (Å²) in [6.45, 7) is 3.99. The summed E-state index contributed by atoms with van der Waals surface area (Å²) in [6, 6.07) is 6.49. The van der Waals surface area contributed by atoms with Crippen LogP contribution in [0.1, 0.15) is 23.1 Å². The van der Waals surface area contributed by atoms with Gasteiger partial charge < -0.3 is 10.2 Å². The Hall–Kier alpha value is -2.99. The minimum Gasteiger partial charge on any atom is -0.480 e. The van der Waals surface area contributed by atoms with Crippen LogP contribution in [0.4, 0.5) is 0 Å². The lowest BCUT2D eigenvalue weighted by Crippen LogP contribution is -2.48. The highest BCUT2D eigenvalue weighted by molar-refractivity contribution is 5.78. The van der Waals surface area contributed by atoms with E-state index in [-0.39, 0.29) is 19.6 Å². The first-order valence-corrected chi connectivity index (χ1v) is 12.3. The molecule has 0 aromatic heterocycles. The summed E-state index contributed by atoms with van der Waals surface area (Å²) in [5.41, 5.74) is 3.71. The maximum atomic E-state index is 11.8. The molecule has 2 aliphatic rings. The van der Waals surface area contributed by atoms with Crippen molar-refractivity contribution in [2.45, 2.75) is 19.4 Å². The molecule has 1 aromatic rings. The van der Waals surface area contributed by atoms with Crippen LogP contribution in [-0.4, -0.2) is 120 Å². The summed E-state index contributed by atoms with van der Waals surface area (Å²) in [6.07, 6.45) is 6.41. The van der Waals surface area contributed by atoms with Gasteiger partial charge in [0, 0.05) is 64.1 Å². The van der Waals surface area contributed by atoms with Gasteiger partial charge in [-0.05, 0) is 29.5 Å². The molecule has 0 atom stereocenters. The smallest absolute Gasteiger partial charge is 0.317 e. The van der Waals surface area contributed by atoms with E-state index in [0.29, 0.717) is 58.9 Å². The van der Waals surface area contributed by atoms with E-state index < -0.39 is 17.8 Å². The Bertz CT molecular complexity index is 968. The van der Waals surface area contributed by atoms with Crippen molar-refractivity contribution in [1.82, 2.24) is 19.6 Å². The minimum absolute atomic E-state index is 0.118. The second-order valence-corrected chi connectivity index (χ2v) is 9.35. The summed E-state index contributed by atoms with van der Waals surface area (Å²) in [4.78, 5) is 52.9. The number of fused-ring (bicyclic) bond motifs is 1. The van der Waals surface area contributed by atoms with E-state index in [0.717, 1.165) is 18.4 Å². The quantitative estimate of drug-likeness (QED) is 0.493. The van der Waals surface area contributed by atoms with Gasteiger partial charge in [0.15, 0.2) is 0 Å². The fraction of sp³-hybridized carbons (Fsp3) is 0.560. The largest absolute Gasteiger partial charge is 0.480 e. The summed E-state index contributed by atoms with van der Waals surface area (Å²) in [5.74, 6) is -2.66. The highest BCUT2D eigenvalue weighted by atomic mass is 16.4. The number of aliphatic carboxylic acids is 2. The molecule has 1 amide bonds. The van der Waals surface area contributed by atoms with Crippen molar-refractivity contribution in [3.05, 3.63) is 45.9 Å². The maximum Gasteiger partial charge on any atom is 0.317 e. The number of aryl methyl sites for hydroxylation is 1. The molecule has 3 rings (SSSR count). The van der Waals surface area contributed by atoms with Crippen molar-refractivity contribution in [3.8, 4) is 0 Å². The van der Waals surface area contributed by atoms with E-state index in [4.69, 9.17) is 0 Å². The number of carboxylic acid groups (broad SMARTS) is 2. The molecular weight excluding hydrogens is 466 g/mol. The van der Waals surface area contributed by atoms with Gasteiger partial charge in [-0.1, -0.05) is 30.4 Å². The third-order valence-corrected chi connectivity index (χ3v) is 6.60. The zero-order valence-corrected chi connectivity index (χ0v) is 20.5. The first-order chi connectivity index (χ1) is 17.3. The van der Waals surface area contributed by atoms with Gasteiger partial charge in [-0.3, -0.25) is 34.0 Å². The average Bonchev–Trinajstić information content (AvgIpc) is 2.84. The molecule has 36 heavy (non-hydrogen) atoms. The second kappa shape index (κ2) is 13.9. The van der Waals surface area contributed by atoms with Crippen LogP contribution in [0.5, 0.6) is 0 Å². The van der Waals surface area contributed by atoms with Gasteiger partial charge in [-0.2, -0.15) is 0 Å². The molecule has 0 spiro atoms. The predicted octanol–water partition coefficient (Wildman–Crippen LogP) is 0.830. The Morgan fingerprint density at radius 1 is 0.778 bits per heavy atom. The van der Waals surface area contributed by atoms with E-state index in [1.54, 1.807) is 4.90 Å². The summed E-state index contributed by atoms with van der Waals surface area (Å²) < 4.78 is 0. The molecule has 11 nitrogen and oxygen atoms in total. The van der Waals surface area contributed by atoms with Gasteiger partial charge >= 0.3 is 11.9 Å². The van der Waals surface area contributed by atoms with E-state index in [1.807, 2.05) is 9.80 Å². The number of carbonyl (C=O) groups excluding carboxylic acids is 1. The third-order valence-electron chi connectivity index (χ3n) is 6.60. The zero-order valence-electron chi connectivity index (χ0n) is 20.5. The van der Waals surface area contributed by atoms with Gasteiger partial charge in [0.25, 0.3) is 5.91 Å². The van der Waals surface area contributed by atoms with Crippen molar-refractivity contribution in [2.75, 3.05) is 72.0 Å². The number of hydrogen-bond acceptors (Lipinski definition) is 8. The molecule has 2 N–H and O–H groups in total. The molecule has 1 saturated heterocycles. The monoisotopic (exact) mass is 501 g/mol. The van der Waals surface area contributed by atoms with Crippen LogP contribution < -0.4 is 0 Å². The second-order valence-electron chi connectivity index (χ2n) is 9.35. The molecule has 1 fully saturated rings. The summed E-state index contributed by atoms with van der Waals surface area (Å²) >= 11 is 0. The van der Waals surface area contributed by atoms with Gasteiger partial charge in [-0.25, -0.2) is 0 Å². The molecule has 0 unspecified atom stereocenters. The lowest BCUT2D eigenvalue weighted by atomic mass is 9.95. The van der Waals surface area contributed by atoms with E-state index in [9.17, 15) is 29.5 Å². The normalized spacial score (nSPS) is 19.1. The number of allylic oxidation sites excluding steroid dienone is 1. The first kappa shape index (κ1) is 27.6. The van der Waals surface area contributed by atoms with Gasteiger partial charge in [0.2, 0.25) is 0 Å². The average molecular weight is 502 g/mol. The zero-order chi connectivity index (χ0) is 25.9. The summed E-state index contributed by atoms with van der Waals surface area (Å²) in [7, 11) is 0. The molecule has 0 saturated carbocycles. The number of benzene rings is 1. The van der Waals surface area contributed by atoms with E-state index in [2.05, 4.69) is 40.4 Å². The van der Waals surface area contributed by atoms with Crippen molar-refractivity contribution >= 4 is 23.9 Å². The number of carboxylic acids is 2. The van der Waals surface area contributed by atoms with Crippen molar-refractivity contribution in [2.24, 2.45) is 5.18 Å². The van der Waals surface area contributed by atoms with Crippen LogP contribution in [0.3, 0.4) is 0 Å². The number of nitroso groups, excluding NO2 is 1. The maximum absolute atomic E-state index is 11.8. The minimum atomic E-state index is -0.977. The molecule has 1 aliphatic carbocycles. The molecule has 0 radical (unpaired) electrons. The number of rotatable bonds is 8. The van der Waals surface area contributed by atoms with Crippen molar-refractivity contribution in [3.63, 3.8) is 0 Å². The van der Waals surface area contributed by atoms with Crippen LogP contribution in [0.25, 0.3) is 6.08 Å². The predicted molar refractivity (Wildman–Crippen MR) is 134 cm³/mol. The number of hydrogen-bond donors (Lipinski definition) is 2. The molecule has 11 heteroatoms. The lowest BCUT2D eigenvalue weighted by molar-refractivity contribution is -0.140. The van der Waals surface area contributed by atoms with Crippen LogP contribution in [-0.2, 0) is 27.3 Å². The standard InChI is InChI=1S/C25H35N5O6/c31-23(26-36)17-28-9-7-27(16-20-5-6-21-3-1-2-4-22(21)15-20)8-11-29(18-24(32)33)13-14-30(12-10-28)19-25(34)35/h2,4-6,15H,1,3,7-14,16-19H2,(H,32,33)(H,34,35). The summed E-state index contributed by atoms with van der Waals surface area (Å²) in [5, 5.41) is 21.2. The van der Waals surface area contributed by atoms with Crippen LogP contribution in [0.15, 0.2) is 29.5 Å². The highest BCUT2D eigenvalue weighted by Gasteiger charge is 2.20. The fourth-order valence-corrected chi connectivity index (χ4v) is 4.65. The van der Waals surface area contributed by atoms with Crippen molar-refractivity contribution < 1.29 is 24.6 Å². The number of amides is 1. The SMILES string of the molecule is O=NC(=O)CN1CCN(CC(=O)O)CCN(CC(=O)O)CCN(Cc2ccc3c(c2)C=CCC3)CC1. The topological polar surface area (TPSA) is 134 Å². The molecule has 1 aliphatic heterocycles. The van der Waals surface area contributed by atoms with Gasteiger partial charge in [0.05, 0.1) is 19.6 Å². The Labute approximate surface area is 210 Å². The van der Waals surface area contributed by atoms with E-state index >= 15 is 0 Å². The third kappa shape index (κ3) is 9.23. The van der Waals surface area contributed by atoms with Gasteiger partial charge in [-0.15, -0.1) is 4.91 Å². The number of carbonyl (C=O) groups is 3. The van der Waals surface area contributed by atoms with Crippen LogP contribution in [0, 0.1) is 4.91 Å². The van der Waals surface area contributed by atoms with Gasteiger partial charge in [0.1, 0.15) is 0 Å². The highest BCUT2D eigenvalue weighted by Crippen LogP contribution is 2.21. The molecule has 0 bridgehead atoms. The fourth-order valence-electron chi connectivity index (χ4n) is 4.65. The van der Waals surface area contributed by atoms with Crippen molar-refractivity contribution in [1.29, 1.82) is 0 Å². The van der Waals surface area contributed by atoms with Crippen LogP contribution in [0.2, 0.25) is 0 Å². The molecule has 196 valence electrons. The Balaban J connectivity index is 1.76.